The average molecular weight is 368 g/mol. The van der Waals surface area contributed by atoms with Crippen LogP contribution in [0.4, 0.5) is 13.2 Å². The lowest BCUT2D eigenvalue weighted by molar-refractivity contribution is -0.275. The van der Waals surface area contributed by atoms with Crippen LogP contribution >= 0.6 is 0 Å². The first-order chi connectivity index (χ1) is 11.3. The summed E-state index contributed by atoms with van der Waals surface area (Å²) in [6.07, 6.45) is -4.41. The Hall–Kier alpha value is -1.36. The molecule has 1 aliphatic rings. The van der Waals surface area contributed by atoms with Gasteiger partial charge >= 0.3 is 6.36 Å². The highest BCUT2D eigenvalue weighted by atomic mass is 32.2. The molecule has 2 rings (SSSR count). The molecule has 1 aromatic rings. The minimum atomic E-state index is -4.96. The van der Waals surface area contributed by atoms with Gasteiger partial charge in [0.25, 0.3) is 0 Å². The van der Waals surface area contributed by atoms with Gasteiger partial charge in [-0.3, -0.25) is 4.90 Å². The number of morpholine rings is 1. The summed E-state index contributed by atoms with van der Waals surface area (Å²) in [6.45, 7) is 3.68. The molecule has 0 atom stereocenters. The predicted molar refractivity (Wildman–Crippen MR) is 80.2 cm³/mol. The number of nitrogens with one attached hydrogen (secondary N) is 1. The van der Waals surface area contributed by atoms with E-state index in [1.54, 1.807) is 0 Å². The monoisotopic (exact) mass is 368 g/mol. The zero-order valence-electron chi connectivity index (χ0n) is 12.9. The van der Waals surface area contributed by atoms with Gasteiger partial charge in [-0.15, -0.1) is 13.2 Å². The highest BCUT2D eigenvalue weighted by Gasteiger charge is 2.33. The molecule has 0 unspecified atom stereocenters. The van der Waals surface area contributed by atoms with Gasteiger partial charge in [0.2, 0.25) is 10.0 Å². The van der Waals surface area contributed by atoms with Crippen LogP contribution in [-0.2, 0) is 14.8 Å². The summed E-state index contributed by atoms with van der Waals surface area (Å²) >= 11 is 0. The number of para-hydroxylation sites is 1. The molecule has 0 bridgehead atoms. The van der Waals surface area contributed by atoms with E-state index in [1.165, 1.54) is 12.1 Å². The third-order valence-corrected chi connectivity index (χ3v) is 4.91. The Balaban J connectivity index is 1.92. The van der Waals surface area contributed by atoms with Crippen molar-refractivity contribution in [1.82, 2.24) is 9.62 Å². The molecular weight excluding hydrogens is 349 g/mol. The van der Waals surface area contributed by atoms with Crippen molar-refractivity contribution >= 4 is 10.0 Å². The zero-order chi connectivity index (χ0) is 17.6. The molecule has 136 valence electrons. The minimum Gasteiger partial charge on any atom is -0.404 e. The van der Waals surface area contributed by atoms with E-state index in [2.05, 4.69) is 14.4 Å². The number of alkyl halides is 3. The normalized spacial score (nSPS) is 17.0. The van der Waals surface area contributed by atoms with E-state index in [1.807, 2.05) is 0 Å². The van der Waals surface area contributed by atoms with Gasteiger partial charge in [-0.2, -0.15) is 0 Å². The van der Waals surface area contributed by atoms with E-state index in [4.69, 9.17) is 4.74 Å². The molecule has 0 radical (unpaired) electrons. The van der Waals surface area contributed by atoms with Crippen LogP contribution in [-0.4, -0.2) is 59.1 Å². The van der Waals surface area contributed by atoms with Crippen LogP contribution in [0.25, 0.3) is 0 Å². The predicted octanol–water partition coefficient (Wildman–Crippen LogP) is 1.59. The van der Waals surface area contributed by atoms with Crippen LogP contribution in [0.15, 0.2) is 29.2 Å². The Morgan fingerprint density at radius 3 is 2.54 bits per heavy atom. The van der Waals surface area contributed by atoms with Gasteiger partial charge in [-0.25, -0.2) is 13.1 Å². The molecule has 0 spiro atoms. The van der Waals surface area contributed by atoms with E-state index in [0.717, 1.165) is 25.2 Å². The molecule has 0 aliphatic carbocycles. The fraction of sp³-hybridized carbons (Fsp3) is 0.571. The molecule has 1 fully saturated rings. The first kappa shape index (κ1) is 19.0. The molecule has 1 N–H and O–H groups in total. The first-order valence-electron chi connectivity index (χ1n) is 7.42. The molecule has 1 aliphatic heterocycles. The highest BCUT2D eigenvalue weighted by molar-refractivity contribution is 7.89. The van der Waals surface area contributed by atoms with Crippen molar-refractivity contribution in [3.8, 4) is 5.75 Å². The van der Waals surface area contributed by atoms with Crippen LogP contribution in [0.5, 0.6) is 5.75 Å². The Kier molecular flexibility index (Phi) is 6.44. The van der Waals surface area contributed by atoms with Crippen molar-refractivity contribution < 1.29 is 31.1 Å². The third kappa shape index (κ3) is 5.93. The molecule has 10 heteroatoms. The second-order valence-electron chi connectivity index (χ2n) is 5.20. The lowest BCUT2D eigenvalue weighted by Crippen LogP contribution is -2.38. The first-order valence-corrected chi connectivity index (χ1v) is 8.91. The van der Waals surface area contributed by atoms with E-state index >= 15 is 0 Å². The van der Waals surface area contributed by atoms with Crippen LogP contribution in [0, 0.1) is 0 Å². The number of rotatable bonds is 7. The summed E-state index contributed by atoms with van der Waals surface area (Å²) in [5.41, 5.74) is 0. The fourth-order valence-electron chi connectivity index (χ4n) is 2.29. The maximum absolute atomic E-state index is 12.4. The second-order valence-corrected chi connectivity index (χ2v) is 6.94. The van der Waals surface area contributed by atoms with Crippen molar-refractivity contribution in [3.63, 3.8) is 0 Å². The van der Waals surface area contributed by atoms with Crippen molar-refractivity contribution in [2.24, 2.45) is 0 Å². The lowest BCUT2D eigenvalue weighted by atomic mass is 10.3. The second kappa shape index (κ2) is 8.15. The number of benzene rings is 1. The topological polar surface area (TPSA) is 67.9 Å². The largest absolute Gasteiger partial charge is 0.573 e. The summed E-state index contributed by atoms with van der Waals surface area (Å²) in [6, 6.07) is 4.66. The summed E-state index contributed by atoms with van der Waals surface area (Å²) in [5.74, 6) is -0.745. The van der Waals surface area contributed by atoms with Crippen molar-refractivity contribution in [1.29, 1.82) is 0 Å². The molecule has 6 nitrogen and oxygen atoms in total. The fourth-order valence-corrected chi connectivity index (χ4v) is 3.49. The van der Waals surface area contributed by atoms with Crippen molar-refractivity contribution in [3.05, 3.63) is 24.3 Å². The molecular formula is C14H19F3N2O4S. The van der Waals surface area contributed by atoms with Crippen molar-refractivity contribution in [2.75, 3.05) is 39.4 Å². The number of sulfonamides is 1. The minimum absolute atomic E-state index is 0.125. The summed E-state index contributed by atoms with van der Waals surface area (Å²) < 4.78 is 72.8. The smallest absolute Gasteiger partial charge is 0.404 e. The highest BCUT2D eigenvalue weighted by Crippen LogP contribution is 2.29. The molecule has 24 heavy (non-hydrogen) atoms. The number of hydrogen-bond acceptors (Lipinski definition) is 5. The number of ether oxygens (including phenoxy) is 2. The zero-order valence-corrected chi connectivity index (χ0v) is 13.7. The molecule has 1 aromatic carbocycles. The third-order valence-electron chi connectivity index (χ3n) is 3.41. The summed E-state index contributed by atoms with van der Waals surface area (Å²) in [5, 5.41) is 0. The van der Waals surface area contributed by atoms with Crippen LogP contribution in [0.2, 0.25) is 0 Å². The van der Waals surface area contributed by atoms with Gasteiger partial charge in [0.15, 0.2) is 0 Å². The molecule has 0 saturated carbocycles. The van der Waals surface area contributed by atoms with Gasteiger partial charge in [0.05, 0.1) is 13.2 Å². The number of halogens is 3. The molecule has 1 heterocycles. The van der Waals surface area contributed by atoms with Gasteiger partial charge in [0.1, 0.15) is 10.6 Å². The Morgan fingerprint density at radius 1 is 1.21 bits per heavy atom. The van der Waals surface area contributed by atoms with Gasteiger partial charge in [-0.1, -0.05) is 12.1 Å². The molecule has 1 saturated heterocycles. The SMILES string of the molecule is O=S(=O)(NCCCN1CCOCC1)c1ccccc1OC(F)(F)F. The number of nitrogens with zero attached hydrogens (tertiary/aromatic N) is 1. The van der Waals surface area contributed by atoms with E-state index in [-0.39, 0.29) is 6.54 Å². The number of hydrogen-bond donors (Lipinski definition) is 1. The molecule has 0 amide bonds. The van der Waals surface area contributed by atoms with Crippen LogP contribution in [0.3, 0.4) is 0 Å². The van der Waals surface area contributed by atoms with Gasteiger partial charge in [-0.05, 0) is 25.1 Å². The van der Waals surface area contributed by atoms with Crippen LogP contribution < -0.4 is 9.46 Å². The quantitative estimate of drug-likeness (QED) is 0.741. The standard InChI is InChI=1S/C14H19F3N2O4S/c15-14(16,17)23-12-4-1-2-5-13(12)24(20,21)18-6-3-7-19-8-10-22-11-9-19/h1-2,4-5,18H,3,6-11H2. The van der Waals surface area contributed by atoms with Crippen molar-refractivity contribution in [2.45, 2.75) is 17.7 Å². The van der Waals surface area contributed by atoms with Gasteiger partial charge < -0.3 is 9.47 Å². The lowest BCUT2D eigenvalue weighted by Gasteiger charge is -2.26. The maximum Gasteiger partial charge on any atom is 0.573 e. The summed E-state index contributed by atoms with van der Waals surface area (Å²) in [7, 11) is -4.08. The van der Waals surface area contributed by atoms with E-state index in [0.29, 0.717) is 26.2 Å². The Bertz CT molecular complexity index is 631. The summed E-state index contributed by atoms with van der Waals surface area (Å²) in [4.78, 5) is 1.60. The van der Waals surface area contributed by atoms with Crippen LogP contribution in [0.1, 0.15) is 6.42 Å². The Labute approximate surface area is 138 Å². The maximum atomic E-state index is 12.4. The Morgan fingerprint density at radius 2 is 1.88 bits per heavy atom. The van der Waals surface area contributed by atoms with E-state index in [9.17, 15) is 21.6 Å². The van der Waals surface area contributed by atoms with E-state index < -0.39 is 27.0 Å². The molecule has 0 aromatic heterocycles. The average Bonchev–Trinajstić information content (AvgIpc) is 2.51. The van der Waals surface area contributed by atoms with Gasteiger partial charge in [0, 0.05) is 19.6 Å².